The van der Waals surface area contributed by atoms with Crippen molar-refractivity contribution in [2.45, 2.75) is 26.3 Å². The van der Waals surface area contributed by atoms with Crippen LogP contribution in [0.5, 0.6) is 0 Å². The summed E-state index contributed by atoms with van der Waals surface area (Å²) < 4.78 is 5.24. The lowest BCUT2D eigenvalue weighted by atomic mass is 9.99. The Morgan fingerprint density at radius 3 is 2.63 bits per heavy atom. The van der Waals surface area contributed by atoms with Crippen LogP contribution in [0.25, 0.3) is 0 Å². The van der Waals surface area contributed by atoms with E-state index in [0.717, 1.165) is 31.8 Å². The predicted octanol–water partition coefficient (Wildman–Crippen LogP) is 2.90. The number of nitrogens with zero attached hydrogens (tertiary/aromatic N) is 2. The van der Waals surface area contributed by atoms with Crippen molar-refractivity contribution in [3.05, 3.63) is 54.0 Å². The molecule has 27 heavy (non-hydrogen) atoms. The zero-order valence-electron chi connectivity index (χ0n) is 16.0. The Balaban J connectivity index is 1.64. The van der Waals surface area contributed by atoms with Gasteiger partial charge in [-0.1, -0.05) is 19.1 Å². The standard InChI is InChI=1S/C21H27N3O3/c1-16-9-11-24(12-10-16)15-20(25)23(2)19-8-4-3-7-18(19)21(26)22-14-17-6-5-13-27-17/h3-8,13,16H,9-12,14-15H2,1-2H3,(H,22,26). The van der Waals surface area contributed by atoms with Crippen LogP contribution in [0.2, 0.25) is 0 Å². The number of rotatable bonds is 6. The molecule has 1 fully saturated rings. The number of hydrogen-bond donors (Lipinski definition) is 1. The second-order valence-corrected chi connectivity index (χ2v) is 7.19. The molecule has 6 heteroatoms. The number of amides is 2. The molecule has 0 unspecified atom stereocenters. The van der Waals surface area contributed by atoms with Gasteiger partial charge in [0.1, 0.15) is 5.76 Å². The number of carbonyl (C=O) groups is 2. The van der Waals surface area contributed by atoms with E-state index in [9.17, 15) is 9.59 Å². The average molecular weight is 369 g/mol. The molecule has 6 nitrogen and oxygen atoms in total. The van der Waals surface area contributed by atoms with Gasteiger partial charge in [0, 0.05) is 7.05 Å². The number of nitrogens with one attached hydrogen (secondary N) is 1. The summed E-state index contributed by atoms with van der Waals surface area (Å²) in [6.07, 6.45) is 3.83. The van der Waals surface area contributed by atoms with Crippen LogP contribution in [0.4, 0.5) is 5.69 Å². The lowest BCUT2D eigenvalue weighted by Gasteiger charge is -2.31. The molecule has 2 amide bonds. The molecule has 1 saturated heterocycles. The number of hydrogen-bond acceptors (Lipinski definition) is 4. The molecule has 0 atom stereocenters. The zero-order valence-corrected chi connectivity index (χ0v) is 16.0. The third kappa shape index (κ3) is 4.98. The van der Waals surface area contributed by atoms with E-state index in [2.05, 4.69) is 17.1 Å². The number of furan rings is 1. The molecule has 1 aliphatic heterocycles. The molecular formula is C21H27N3O3. The largest absolute Gasteiger partial charge is 0.467 e. The average Bonchev–Trinajstić information content (AvgIpc) is 3.21. The monoisotopic (exact) mass is 369 g/mol. The van der Waals surface area contributed by atoms with Crippen molar-refractivity contribution in [2.24, 2.45) is 5.92 Å². The van der Waals surface area contributed by atoms with E-state index in [-0.39, 0.29) is 11.8 Å². The van der Waals surface area contributed by atoms with Gasteiger partial charge in [-0.3, -0.25) is 14.5 Å². The zero-order chi connectivity index (χ0) is 19.2. The Bertz CT molecular complexity index is 765. The van der Waals surface area contributed by atoms with Crippen LogP contribution in [0.3, 0.4) is 0 Å². The van der Waals surface area contributed by atoms with Gasteiger partial charge in [-0.2, -0.15) is 0 Å². The molecule has 3 rings (SSSR count). The van der Waals surface area contributed by atoms with E-state index >= 15 is 0 Å². The lowest BCUT2D eigenvalue weighted by Crippen LogP contribution is -2.42. The third-order valence-corrected chi connectivity index (χ3v) is 5.12. The molecule has 0 bridgehead atoms. The van der Waals surface area contributed by atoms with Crippen LogP contribution in [-0.4, -0.2) is 43.4 Å². The van der Waals surface area contributed by atoms with E-state index in [0.29, 0.717) is 30.1 Å². The SMILES string of the molecule is CC1CCN(CC(=O)N(C)c2ccccc2C(=O)NCc2ccco2)CC1. The molecule has 1 aromatic heterocycles. The van der Waals surface area contributed by atoms with Crippen LogP contribution < -0.4 is 10.2 Å². The highest BCUT2D eigenvalue weighted by molar-refractivity contribution is 6.04. The number of para-hydroxylation sites is 1. The first kappa shape index (κ1) is 19.2. The summed E-state index contributed by atoms with van der Waals surface area (Å²) in [6, 6.07) is 10.8. The highest BCUT2D eigenvalue weighted by Crippen LogP contribution is 2.21. The van der Waals surface area contributed by atoms with Crippen molar-refractivity contribution in [3.63, 3.8) is 0 Å². The minimum absolute atomic E-state index is 0.00385. The molecule has 0 spiro atoms. The number of carbonyl (C=O) groups excluding carboxylic acids is 2. The van der Waals surface area contributed by atoms with Crippen LogP contribution in [-0.2, 0) is 11.3 Å². The molecular weight excluding hydrogens is 342 g/mol. The lowest BCUT2D eigenvalue weighted by molar-refractivity contribution is -0.119. The fraction of sp³-hybridized carbons (Fsp3) is 0.429. The quantitative estimate of drug-likeness (QED) is 0.850. The van der Waals surface area contributed by atoms with Crippen molar-refractivity contribution >= 4 is 17.5 Å². The number of benzene rings is 1. The van der Waals surface area contributed by atoms with Crippen LogP contribution in [0, 0.1) is 5.92 Å². The molecule has 0 aliphatic carbocycles. The summed E-state index contributed by atoms with van der Waals surface area (Å²) in [7, 11) is 1.73. The molecule has 2 aromatic rings. The number of likely N-dealkylation sites (tertiary alicyclic amines) is 1. The highest BCUT2D eigenvalue weighted by atomic mass is 16.3. The van der Waals surface area contributed by atoms with Gasteiger partial charge in [-0.25, -0.2) is 0 Å². The maximum absolute atomic E-state index is 12.8. The summed E-state index contributed by atoms with van der Waals surface area (Å²) in [6.45, 7) is 4.84. The molecule has 1 aromatic carbocycles. The maximum atomic E-state index is 12.8. The molecule has 144 valence electrons. The fourth-order valence-electron chi connectivity index (χ4n) is 3.29. The molecule has 1 N–H and O–H groups in total. The van der Waals surface area contributed by atoms with Gasteiger partial charge in [0.2, 0.25) is 5.91 Å². The van der Waals surface area contributed by atoms with Crippen molar-refractivity contribution in [1.82, 2.24) is 10.2 Å². The van der Waals surface area contributed by atoms with Gasteiger partial charge in [0.05, 0.1) is 30.6 Å². The topological polar surface area (TPSA) is 65.8 Å². The van der Waals surface area contributed by atoms with Gasteiger partial charge in [-0.15, -0.1) is 0 Å². The van der Waals surface area contributed by atoms with E-state index in [4.69, 9.17) is 4.42 Å². The summed E-state index contributed by atoms with van der Waals surface area (Å²) in [5, 5.41) is 2.84. The normalized spacial score (nSPS) is 15.5. The first-order valence-corrected chi connectivity index (χ1v) is 9.43. The Morgan fingerprint density at radius 2 is 1.93 bits per heavy atom. The number of likely N-dealkylation sites (N-methyl/N-ethyl adjacent to an activating group) is 1. The van der Waals surface area contributed by atoms with Gasteiger partial charge in [0.25, 0.3) is 5.91 Å². The second kappa shape index (κ2) is 8.86. The number of anilines is 1. The van der Waals surface area contributed by atoms with Gasteiger partial charge < -0.3 is 14.6 Å². The van der Waals surface area contributed by atoms with E-state index in [1.54, 1.807) is 48.5 Å². The fourth-order valence-corrected chi connectivity index (χ4v) is 3.29. The summed E-state index contributed by atoms with van der Waals surface area (Å²) in [5.41, 5.74) is 1.09. The minimum Gasteiger partial charge on any atom is -0.467 e. The molecule has 2 heterocycles. The van der Waals surface area contributed by atoms with E-state index < -0.39 is 0 Å². The first-order valence-electron chi connectivity index (χ1n) is 9.43. The summed E-state index contributed by atoms with van der Waals surface area (Å²) in [4.78, 5) is 29.1. The van der Waals surface area contributed by atoms with Crippen molar-refractivity contribution in [2.75, 3.05) is 31.6 Å². The Kier molecular flexibility index (Phi) is 6.29. The second-order valence-electron chi connectivity index (χ2n) is 7.19. The predicted molar refractivity (Wildman–Crippen MR) is 105 cm³/mol. The van der Waals surface area contributed by atoms with Crippen molar-refractivity contribution < 1.29 is 14.0 Å². The smallest absolute Gasteiger partial charge is 0.253 e. The van der Waals surface area contributed by atoms with Gasteiger partial charge in [-0.05, 0) is 56.1 Å². The van der Waals surface area contributed by atoms with Gasteiger partial charge in [0.15, 0.2) is 0 Å². The van der Waals surface area contributed by atoms with Gasteiger partial charge >= 0.3 is 0 Å². The Morgan fingerprint density at radius 1 is 1.19 bits per heavy atom. The highest BCUT2D eigenvalue weighted by Gasteiger charge is 2.22. The third-order valence-electron chi connectivity index (χ3n) is 5.12. The molecule has 0 radical (unpaired) electrons. The first-order chi connectivity index (χ1) is 13.0. The van der Waals surface area contributed by atoms with Crippen LogP contribution >= 0.6 is 0 Å². The van der Waals surface area contributed by atoms with E-state index in [1.807, 2.05) is 6.07 Å². The Hall–Kier alpha value is -2.60. The molecule has 0 saturated carbocycles. The maximum Gasteiger partial charge on any atom is 0.253 e. The number of piperidine rings is 1. The van der Waals surface area contributed by atoms with E-state index in [1.165, 1.54) is 0 Å². The van der Waals surface area contributed by atoms with Crippen LogP contribution in [0.1, 0.15) is 35.9 Å². The Labute approximate surface area is 160 Å². The van der Waals surface area contributed by atoms with Crippen molar-refractivity contribution in [3.8, 4) is 0 Å². The van der Waals surface area contributed by atoms with Crippen LogP contribution in [0.15, 0.2) is 47.1 Å². The van der Waals surface area contributed by atoms with Crippen molar-refractivity contribution in [1.29, 1.82) is 0 Å². The minimum atomic E-state index is -0.228. The summed E-state index contributed by atoms with van der Waals surface area (Å²) in [5.74, 6) is 1.18. The summed E-state index contributed by atoms with van der Waals surface area (Å²) >= 11 is 0. The molecule has 1 aliphatic rings.